The first-order valence-corrected chi connectivity index (χ1v) is 8.92. The number of anilines is 1. The molecule has 1 aromatic heterocycles. The van der Waals surface area contributed by atoms with Gasteiger partial charge in [0.1, 0.15) is 5.75 Å². The molecule has 1 aliphatic heterocycles. The number of benzene rings is 1. The van der Waals surface area contributed by atoms with Crippen molar-refractivity contribution < 1.29 is 14.6 Å². The van der Waals surface area contributed by atoms with Gasteiger partial charge in [-0.3, -0.25) is 9.69 Å². The molecule has 0 saturated carbocycles. The summed E-state index contributed by atoms with van der Waals surface area (Å²) in [6.45, 7) is 5.46. The predicted octanol–water partition coefficient (Wildman–Crippen LogP) is 0.954. The molecule has 1 N–H and O–H groups in total. The molecule has 1 fully saturated rings. The van der Waals surface area contributed by atoms with Crippen LogP contribution in [0.3, 0.4) is 0 Å². The predicted molar refractivity (Wildman–Crippen MR) is 101 cm³/mol. The largest absolute Gasteiger partial charge is 0.479 e. The third kappa shape index (κ3) is 4.65. The van der Waals surface area contributed by atoms with Gasteiger partial charge in [0, 0.05) is 51.4 Å². The molecule has 0 aliphatic carbocycles. The molecular formula is C19H24N4O4. The first kappa shape index (κ1) is 18.9. The smallest absolute Gasteiger partial charge is 0.344 e. The van der Waals surface area contributed by atoms with Gasteiger partial charge in [-0.1, -0.05) is 18.2 Å². The number of para-hydroxylation sites is 1. The molecular weight excluding hydrogens is 348 g/mol. The van der Waals surface area contributed by atoms with Gasteiger partial charge in [-0.15, -0.1) is 0 Å². The van der Waals surface area contributed by atoms with E-state index in [4.69, 9.17) is 9.84 Å². The molecule has 2 aromatic rings. The normalized spacial score (nSPS) is 16.1. The Labute approximate surface area is 157 Å². The van der Waals surface area contributed by atoms with Crippen molar-refractivity contribution in [2.24, 2.45) is 7.05 Å². The summed E-state index contributed by atoms with van der Waals surface area (Å²) in [6.07, 6.45) is 0.823. The molecule has 1 saturated heterocycles. The fraction of sp³-hybridized carbons (Fsp3) is 0.421. The number of carboxylic acid groups (broad SMARTS) is 1. The second kappa shape index (κ2) is 8.22. The Morgan fingerprint density at radius 2 is 1.96 bits per heavy atom. The van der Waals surface area contributed by atoms with Crippen LogP contribution in [0.2, 0.25) is 0 Å². The minimum Gasteiger partial charge on any atom is -0.479 e. The fourth-order valence-electron chi connectivity index (χ4n) is 3.03. The molecule has 27 heavy (non-hydrogen) atoms. The SMILES string of the molecule is C[C@@H](Oc1ccccc1CN1CCN(c2cnn(C)c(=O)c2)CC1)C(=O)O. The van der Waals surface area contributed by atoms with Crippen LogP contribution in [0.5, 0.6) is 5.75 Å². The number of aryl methyl sites for hydroxylation is 1. The van der Waals surface area contributed by atoms with Gasteiger partial charge in [0.15, 0.2) is 6.10 Å². The first-order valence-electron chi connectivity index (χ1n) is 8.92. The van der Waals surface area contributed by atoms with Gasteiger partial charge in [-0.25, -0.2) is 9.48 Å². The standard InChI is InChI=1S/C19H24N4O4/c1-14(19(25)26)27-17-6-4-3-5-15(17)13-22-7-9-23(10-8-22)16-11-18(24)21(2)20-12-16/h3-6,11-12,14H,7-10,13H2,1-2H3,(H,25,26)/t14-/m1/s1. The zero-order chi connectivity index (χ0) is 19.4. The van der Waals surface area contributed by atoms with Crippen molar-refractivity contribution in [3.63, 3.8) is 0 Å². The molecule has 0 radical (unpaired) electrons. The lowest BCUT2D eigenvalue weighted by Crippen LogP contribution is -2.46. The summed E-state index contributed by atoms with van der Waals surface area (Å²) in [6, 6.07) is 9.14. The zero-order valence-corrected chi connectivity index (χ0v) is 15.5. The number of hydrogen-bond acceptors (Lipinski definition) is 6. The van der Waals surface area contributed by atoms with E-state index in [9.17, 15) is 9.59 Å². The molecule has 2 heterocycles. The van der Waals surface area contributed by atoms with E-state index < -0.39 is 12.1 Å². The van der Waals surface area contributed by atoms with Crippen molar-refractivity contribution in [1.29, 1.82) is 0 Å². The summed E-state index contributed by atoms with van der Waals surface area (Å²) < 4.78 is 6.90. The molecule has 144 valence electrons. The Morgan fingerprint density at radius 3 is 2.63 bits per heavy atom. The summed E-state index contributed by atoms with van der Waals surface area (Å²) in [5, 5.41) is 13.1. The number of aromatic nitrogens is 2. The van der Waals surface area contributed by atoms with Crippen molar-refractivity contribution in [3.8, 4) is 5.75 Å². The van der Waals surface area contributed by atoms with Crippen molar-refractivity contribution in [1.82, 2.24) is 14.7 Å². The number of hydrogen-bond donors (Lipinski definition) is 1. The number of ether oxygens (including phenoxy) is 1. The number of piperazine rings is 1. The lowest BCUT2D eigenvalue weighted by Gasteiger charge is -2.36. The van der Waals surface area contributed by atoms with Crippen LogP contribution in [0.4, 0.5) is 5.69 Å². The quantitative estimate of drug-likeness (QED) is 0.808. The maximum absolute atomic E-state index is 11.8. The van der Waals surface area contributed by atoms with E-state index in [0.29, 0.717) is 12.3 Å². The second-order valence-corrected chi connectivity index (χ2v) is 6.64. The lowest BCUT2D eigenvalue weighted by atomic mass is 10.1. The maximum Gasteiger partial charge on any atom is 0.344 e. The van der Waals surface area contributed by atoms with Crippen molar-refractivity contribution in [2.75, 3.05) is 31.1 Å². The molecule has 0 spiro atoms. The third-order valence-electron chi connectivity index (χ3n) is 4.71. The van der Waals surface area contributed by atoms with Gasteiger partial charge < -0.3 is 14.7 Å². The highest BCUT2D eigenvalue weighted by atomic mass is 16.5. The van der Waals surface area contributed by atoms with E-state index in [1.807, 2.05) is 18.2 Å². The fourth-order valence-corrected chi connectivity index (χ4v) is 3.03. The van der Waals surface area contributed by atoms with Crippen molar-refractivity contribution >= 4 is 11.7 Å². The summed E-state index contributed by atoms with van der Waals surface area (Å²) in [7, 11) is 1.63. The highest BCUT2D eigenvalue weighted by Crippen LogP contribution is 2.22. The highest BCUT2D eigenvalue weighted by molar-refractivity contribution is 5.72. The molecule has 0 unspecified atom stereocenters. The van der Waals surface area contributed by atoms with Crippen LogP contribution in [0, 0.1) is 0 Å². The van der Waals surface area contributed by atoms with Gasteiger partial charge in [0.2, 0.25) is 0 Å². The van der Waals surface area contributed by atoms with Crippen LogP contribution < -0.4 is 15.2 Å². The van der Waals surface area contributed by atoms with E-state index in [-0.39, 0.29) is 5.56 Å². The van der Waals surface area contributed by atoms with E-state index >= 15 is 0 Å². The van der Waals surface area contributed by atoms with Crippen LogP contribution in [0.25, 0.3) is 0 Å². The van der Waals surface area contributed by atoms with Gasteiger partial charge in [0.25, 0.3) is 5.56 Å². The molecule has 1 aromatic carbocycles. The van der Waals surface area contributed by atoms with E-state index in [0.717, 1.165) is 37.4 Å². The Hall–Kier alpha value is -2.87. The summed E-state index contributed by atoms with van der Waals surface area (Å²) in [4.78, 5) is 27.3. The molecule has 3 rings (SSSR count). The van der Waals surface area contributed by atoms with Crippen LogP contribution in [0.15, 0.2) is 41.3 Å². The maximum atomic E-state index is 11.8. The number of carbonyl (C=O) groups is 1. The minimum absolute atomic E-state index is 0.117. The van der Waals surface area contributed by atoms with E-state index in [1.54, 1.807) is 25.4 Å². The molecule has 0 amide bonds. The van der Waals surface area contributed by atoms with Crippen LogP contribution >= 0.6 is 0 Å². The van der Waals surface area contributed by atoms with Crippen LogP contribution in [-0.2, 0) is 18.4 Å². The minimum atomic E-state index is -0.985. The summed E-state index contributed by atoms with van der Waals surface area (Å²) in [5.41, 5.74) is 1.69. The molecule has 0 bridgehead atoms. The first-order chi connectivity index (χ1) is 12.9. The van der Waals surface area contributed by atoms with Gasteiger partial charge in [-0.2, -0.15) is 5.10 Å². The lowest BCUT2D eigenvalue weighted by molar-refractivity contribution is -0.144. The molecule has 8 nitrogen and oxygen atoms in total. The molecule has 1 aliphatic rings. The Kier molecular flexibility index (Phi) is 5.75. The molecule has 1 atom stereocenters. The highest BCUT2D eigenvalue weighted by Gasteiger charge is 2.20. The number of carboxylic acids is 1. The Morgan fingerprint density at radius 1 is 1.26 bits per heavy atom. The summed E-state index contributed by atoms with van der Waals surface area (Å²) in [5.74, 6) is -0.383. The van der Waals surface area contributed by atoms with E-state index in [1.165, 1.54) is 11.6 Å². The monoisotopic (exact) mass is 372 g/mol. The van der Waals surface area contributed by atoms with Crippen molar-refractivity contribution in [2.45, 2.75) is 19.6 Å². The van der Waals surface area contributed by atoms with Gasteiger partial charge in [0.05, 0.1) is 11.9 Å². The Balaban J connectivity index is 1.62. The third-order valence-corrected chi connectivity index (χ3v) is 4.71. The average molecular weight is 372 g/mol. The van der Waals surface area contributed by atoms with E-state index in [2.05, 4.69) is 14.9 Å². The average Bonchev–Trinajstić information content (AvgIpc) is 2.66. The summed E-state index contributed by atoms with van der Waals surface area (Å²) >= 11 is 0. The van der Waals surface area contributed by atoms with Crippen LogP contribution in [-0.4, -0.2) is 58.0 Å². The number of nitrogens with zero attached hydrogens (tertiary/aromatic N) is 4. The van der Waals surface area contributed by atoms with Crippen molar-refractivity contribution in [3.05, 3.63) is 52.4 Å². The second-order valence-electron chi connectivity index (χ2n) is 6.64. The molecule has 8 heteroatoms. The number of aliphatic carboxylic acids is 1. The van der Waals surface area contributed by atoms with Gasteiger partial charge in [-0.05, 0) is 13.0 Å². The van der Waals surface area contributed by atoms with Gasteiger partial charge >= 0.3 is 5.97 Å². The topological polar surface area (TPSA) is 87.9 Å². The number of rotatable bonds is 6. The van der Waals surface area contributed by atoms with Crippen LogP contribution in [0.1, 0.15) is 12.5 Å². The Bertz CT molecular complexity index is 859. The zero-order valence-electron chi connectivity index (χ0n) is 15.5.